The van der Waals surface area contributed by atoms with Crippen molar-refractivity contribution in [3.05, 3.63) is 29.8 Å². The van der Waals surface area contributed by atoms with E-state index < -0.39 is 0 Å². The van der Waals surface area contributed by atoms with E-state index in [4.69, 9.17) is 18.0 Å². The number of nitrogens with two attached hydrogens (primary N) is 1. The van der Waals surface area contributed by atoms with Crippen LogP contribution in [0, 0.1) is 0 Å². The molecule has 0 aliphatic rings. The van der Waals surface area contributed by atoms with Crippen molar-refractivity contribution in [2.24, 2.45) is 5.73 Å². The van der Waals surface area contributed by atoms with Crippen LogP contribution in [0.25, 0.3) is 0 Å². The lowest BCUT2D eigenvalue weighted by molar-refractivity contribution is 1.28. The van der Waals surface area contributed by atoms with Gasteiger partial charge in [0.05, 0.1) is 4.99 Å². The number of rotatable bonds is 3. The Morgan fingerprint density at radius 3 is 2.92 bits per heavy atom. The Balaban J connectivity index is 2.79. The van der Waals surface area contributed by atoms with Crippen LogP contribution in [0.15, 0.2) is 29.2 Å². The molecule has 0 heterocycles. The first-order valence-electron chi connectivity index (χ1n) is 3.63. The number of hydrogen-bond donors (Lipinski definition) is 1. The van der Waals surface area contributed by atoms with Crippen LogP contribution in [-0.4, -0.2) is 11.2 Å². The van der Waals surface area contributed by atoms with E-state index >= 15 is 0 Å². The summed E-state index contributed by atoms with van der Waals surface area (Å²) in [4.78, 5) is 1.80. The molecule has 0 fully saturated rings. The van der Waals surface area contributed by atoms with Crippen molar-refractivity contribution in [3.8, 4) is 0 Å². The number of hydrogen-bond acceptors (Lipinski definition) is 2. The zero-order valence-corrected chi connectivity index (χ0v) is 8.54. The first kappa shape index (κ1) is 9.55. The highest BCUT2D eigenvalue weighted by atomic mass is 32.2. The molecular weight excluding hydrogens is 186 g/mol. The minimum absolute atomic E-state index is 0.549. The lowest BCUT2D eigenvalue weighted by atomic mass is 10.1. The molecule has 0 radical (unpaired) electrons. The summed E-state index contributed by atoms with van der Waals surface area (Å²) in [5, 5.41) is 0. The molecule has 1 rings (SSSR count). The van der Waals surface area contributed by atoms with E-state index in [2.05, 4.69) is 18.4 Å². The topological polar surface area (TPSA) is 26.0 Å². The molecule has 0 spiro atoms. The molecule has 2 N–H and O–H groups in total. The van der Waals surface area contributed by atoms with E-state index in [1.807, 2.05) is 12.1 Å². The normalized spacial score (nSPS) is 9.75. The molecule has 12 heavy (non-hydrogen) atoms. The molecule has 0 aliphatic carbocycles. The fourth-order valence-corrected chi connectivity index (χ4v) is 1.63. The van der Waals surface area contributed by atoms with Gasteiger partial charge in [0.15, 0.2) is 0 Å². The van der Waals surface area contributed by atoms with Crippen LogP contribution >= 0.6 is 24.0 Å². The van der Waals surface area contributed by atoms with Crippen LogP contribution in [0.5, 0.6) is 0 Å². The summed E-state index contributed by atoms with van der Waals surface area (Å²) < 4.78 is 0. The van der Waals surface area contributed by atoms with E-state index in [9.17, 15) is 0 Å². The third kappa shape index (κ3) is 2.83. The molecule has 1 aromatic rings. The van der Waals surface area contributed by atoms with Gasteiger partial charge in [0, 0.05) is 11.3 Å². The summed E-state index contributed by atoms with van der Waals surface area (Å²) in [5.74, 6) is 0. The van der Waals surface area contributed by atoms with Crippen LogP contribution in [0.4, 0.5) is 0 Å². The van der Waals surface area contributed by atoms with E-state index in [-0.39, 0.29) is 0 Å². The van der Waals surface area contributed by atoms with Crippen molar-refractivity contribution >= 4 is 29.0 Å². The Kier molecular flexibility index (Phi) is 3.56. The predicted octanol–water partition coefficient (Wildman–Crippen LogP) is 2.24. The maximum Gasteiger partial charge on any atom is 0.0771 e. The van der Waals surface area contributed by atoms with Gasteiger partial charge in [0.1, 0.15) is 0 Å². The van der Waals surface area contributed by atoms with Crippen LogP contribution in [-0.2, 0) is 6.42 Å². The Hall–Kier alpha value is -0.540. The summed E-state index contributed by atoms with van der Waals surface area (Å²) in [5.41, 5.74) is 6.63. The molecule has 3 heteroatoms. The SMILES string of the molecule is CSc1cccc(CC(N)=S)c1. The molecule has 1 nitrogen and oxygen atoms in total. The quantitative estimate of drug-likeness (QED) is 0.594. The summed E-state index contributed by atoms with van der Waals surface area (Å²) in [7, 11) is 0. The summed E-state index contributed by atoms with van der Waals surface area (Å²) in [6, 6.07) is 8.26. The Labute approximate surface area is 82.3 Å². The Morgan fingerprint density at radius 1 is 1.58 bits per heavy atom. The fourth-order valence-electron chi connectivity index (χ4n) is 0.984. The fraction of sp³-hybridized carbons (Fsp3) is 0.222. The average molecular weight is 197 g/mol. The van der Waals surface area contributed by atoms with Crippen LogP contribution < -0.4 is 5.73 Å². The molecule has 0 aromatic heterocycles. The first-order valence-corrected chi connectivity index (χ1v) is 5.27. The standard InChI is InChI=1S/C9H11NS2/c1-12-8-4-2-3-7(5-8)6-9(10)11/h2-5H,6H2,1H3,(H2,10,11). The monoisotopic (exact) mass is 197 g/mol. The second-order valence-electron chi connectivity index (χ2n) is 2.49. The zero-order chi connectivity index (χ0) is 8.97. The molecule has 0 saturated carbocycles. The van der Waals surface area contributed by atoms with Gasteiger partial charge < -0.3 is 5.73 Å². The number of thiocarbonyl (C=S) groups is 1. The Morgan fingerprint density at radius 2 is 2.33 bits per heavy atom. The average Bonchev–Trinajstić information content (AvgIpc) is 2.03. The molecule has 0 amide bonds. The van der Waals surface area contributed by atoms with Gasteiger partial charge in [-0.1, -0.05) is 24.4 Å². The molecule has 0 bridgehead atoms. The first-order chi connectivity index (χ1) is 5.72. The molecule has 1 aromatic carbocycles. The number of benzene rings is 1. The van der Waals surface area contributed by atoms with Crippen molar-refractivity contribution in [1.82, 2.24) is 0 Å². The summed E-state index contributed by atoms with van der Waals surface area (Å²) in [6.45, 7) is 0. The molecule has 0 atom stereocenters. The predicted molar refractivity (Wildman–Crippen MR) is 58.7 cm³/mol. The van der Waals surface area contributed by atoms with Crippen LogP contribution in [0.3, 0.4) is 0 Å². The van der Waals surface area contributed by atoms with Gasteiger partial charge >= 0.3 is 0 Å². The van der Waals surface area contributed by atoms with E-state index in [1.165, 1.54) is 10.5 Å². The molecule has 0 unspecified atom stereocenters. The third-order valence-corrected chi connectivity index (χ3v) is 2.38. The number of thioether (sulfide) groups is 1. The lowest BCUT2D eigenvalue weighted by Crippen LogP contribution is -2.10. The molecular formula is C9H11NS2. The van der Waals surface area contributed by atoms with Crippen molar-refractivity contribution < 1.29 is 0 Å². The minimum Gasteiger partial charge on any atom is -0.393 e. The van der Waals surface area contributed by atoms with Crippen LogP contribution in [0.2, 0.25) is 0 Å². The van der Waals surface area contributed by atoms with Crippen molar-refractivity contribution in [2.45, 2.75) is 11.3 Å². The highest BCUT2D eigenvalue weighted by Gasteiger charge is 1.95. The van der Waals surface area contributed by atoms with Gasteiger partial charge in [-0.25, -0.2) is 0 Å². The smallest absolute Gasteiger partial charge is 0.0771 e. The van der Waals surface area contributed by atoms with Gasteiger partial charge in [0.2, 0.25) is 0 Å². The van der Waals surface area contributed by atoms with E-state index in [0.29, 0.717) is 11.4 Å². The van der Waals surface area contributed by atoms with Gasteiger partial charge in [-0.15, -0.1) is 11.8 Å². The maximum atomic E-state index is 5.44. The minimum atomic E-state index is 0.549. The van der Waals surface area contributed by atoms with E-state index in [0.717, 1.165) is 0 Å². The lowest BCUT2D eigenvalue weighted by Gasteiger charge is -2.01. The third-order valence-electron chi connectivity index (χ3n) is 1.51. The zero-order valence-electron chi connectivity index (χ0n) is 6.91. The molecule has 0 saturated heterocycles. The van der Waals surface area contributed by atoms with Crippen molar-refractivity contribution in [1.29, 1.82) is 0 Å². The highest BCUT2D eigenvalue weighted by molar-refractivity contribution is 7.98. The van der Waals surface area contributed by atoms with E-state index in [1.54, 1.807) is 11.8 Å². The van der Waals surface area contributed by atoms with Crippen molar-refractivity contribution in [3.63, 3.8) is 0 Å². The van der Waals surface area contributed by atoms with Gasteiger partial charge in [-0.2, -0.15) is 0 Å². The van der Waals surface area contributed by atoms with Crippen LogP contribution in [0.1, 0.15) is 5.56 Å². The molecule has 0 aliphatic heterocycles. The second kappa shape index (κ2) is 4.48. The van der Waals surface area contributed by atoms with Gasteiger partial charge in [0.25, 0.3) is 0 Å². The largest absolute Gasteiger partial charge is 0.393 e. The second-order valence-corrected chi connectivity index (χ2v) is 3.90. The summed E-state index contributed by atoms with van der Waals surface area (Å²) in [6.07, 6.45) is 2.75. The van der Waals surface area contributed by atoms with Gasteiger partial charge in [-0.05, 0) is 24.0 Å². The van der Waals surface area contributed by atoms with Crippen molar-refractivity contribution in [2.75, 3.05) is 6.26 Å². The maximum absolute atomic E-state index is 5.44. The van der Waals surface area contributed by atoms with Gasteiger partial charge in [-0.3, -0.25) is 0 Å². The highest BCUT2D eigenvalue weighted by Crippen LogP contribution is 2.15. The Bertz CT molecular complexity index is 284. The summed E-state index contributed by atoms with van der Waals surface area (Å²) >= 11 is 6.55. The molecule has 64 valence electrons.